The van der Waals surface area contributed by atoms with Crippen LogP contribution in [0, 0.1) is 5.82 Å². The van der Waals surface area contributed by atoms with Gasteiger partial charge in [-0.25, -0.2) is 9.18 Å². The lowest BCUT2D eigenvalue weighted by Gasteiger charge is -2.08. The van der Waals surface area contributed by atoms with Crippen LogP contribution in [0.4, 0.5) is 4.39 Å². The zero-order valence-corrected chi connectivity index (χ0v) is 10.4. The minimum Gasteiger partial charge on any atom is -0.489 e. The molecule has 0 saturated carbocycles. The smallest absolute Gasteiger partial charge is 0.337 e. The zero-order valence-electron chi connectivity index (χ0n) is 10.4. The van der Waals surface area contributed by atoms with E-state index in [2.05, 4.69) is 4.74 Å². The molecular formula is C15H13FO3. The van der Waals surface area contributed by atoms with E-state index in [4.69, 9.17) is 4.74 Å². The molecule has 2 rings (SSSR count). The van der Waals surface area contributed by atoms with E-state index in [-0.39, 0.29) is 12.4 Å². The molecular weight excluding hydrogens is 247 g/mol. The van der Waals surface area contributed by atoms with Crippen molar-refractivity contribution in [2.45, 2.75) is 6.61 Å². The maximum atomic E-state index is 13.4. The van der Waals surface area contributed by atoms with Gasteiger partial charge in [0.2, 0.25) is 0 Å². The summed E-state index contributed by atoms with van der Waals surface area (Å²) in [7, 11) is 1.31. The van der Waals surface area contributed by atoms with Crippen LogP contribution >= 0.6 is 0 Å². The minimum atomic E-state index is -0.434. The molecule has 0 aromatic heterocycles. The van der Waals surface area contributed by atoms with Crippen LogP contribution in [0.3, 0.4) is 0 Å². The van der Waals surface area contributed by atoms with Gasteiger partial charge < -0.3 is 9.47 Å². The first-order chi connectivity index (χ1) is 9.20. The average molecular weight is 260 g/mol. The number of ether oxygens (including phenoxy) is 2. The fourth-order valence-electron chi connectivity index (χ4n) is 1.61. The molecule has 19 heavy (non-hydrogen) atoms. The average Bonchev–Trinajstić information content (AvgIpc) is 2.46. The Balaban J connectivity index is 2.08. The number of hydrogen-bond donors (Lipinski definition) is 0. The number of carbonyl (C=O) groups is 1. The fourth-order valence-corrected chi connectivity index (χ4v) is 1.61. The molecule has 98 valence electrons. The van der Waals surface area contributed by atoms with Crippen LogP contribution in [-0.4, -0.2) is 13.1 Å². The molecule has 0 spiro atoms. The summed E-state index contributed by atoms with van der Waals surface area (Å²) in [5, 5.41) is 0. The van der Waals surface area contributed by atoms with Crippen LogP contribution in [-0.2, 0) is 11.3 Å². The second-order valence-corrected chi connectivity index (χ2v) is 3.90. The fraction of sp³-hybridized carbons (Fsp3) is 0.133. The third kappa shape index (κ3) is 3.31. The second-order valence-electron chi connectivity index (χ2n) is 3.90. The first-order valence-corrected chi connectivity index (χ1v) is 5.75. The van der Waals surface area contributed by atoms with E-state index in [1.807, 2.05) is 0 Å². The van der Waals surface area contributed by atoms with E-state index in [0.717, 1.165) is 0 Å². The number of methoxy groups -OCH3 is 1. The van der Waals surface area contributed by atoms with Gasteiger partial charge in [0, 0.05) is 5.56 Å². The highest BCUT2D eigenvalue weighted by Gasteiger charge is 2.07. The number of rotatable bonds is 4. The Labute approximate surface area is 110 Å². The Hall–Kier alpha value is -2.36. The molecule has 0 fully saturated rings. The van der Waals surface area contributed by atoms with Gasteiger partial charge in [-0.3, -0.25) is 0 Å². The Bertz CT molecular complexity index is 581. The van der Waals surface area contributed by atoms with Crippen LogP contribution in [0.5, 0.6) is 5.75 Å². The van der Waals surface area contributed by atoms with E-state index in [1.165, 1.54) is 13.2 Å². The van der Waals surface area contributed by atoms with Gasteiger partial charge >= 0.3 is 5.97 Å². The predicted molar refractivity (Wildman–Crippen MR) is 68.5 cm³/mol. The second kappa shape index (κ2) is 6.00. The van der Waals surface area contributed by atoms with Crippen molar-refractivity contribution in [2.24, 2.45) is 0 Å². The normalized spacial score (nSPS) is 10.0. The van der Waals surface area contributed by atoms with Crippen LogP contribution < -0.4 is 4.74 Å². The van der Waals surface area contributed by atoms with E-state index in [9.17, 15) is 9.18 Å². The van der Waals surface area contributed by atoms with Crippen molar-refractivity contribution in [3.05, 3.63) is 65.5 Å². The Kier molecular flexibility index (Phi) is 4.13. The van der Waals surface area contributed by atoms with E-state index >= 15 is 0 Å². The molecule has 0 aliphatic carbocycles. The lowest BCUT2D eigenvalue weighted by atomic mass is 10.2. The van der Waals surface area contributed by atoms with Gasteiger partial charge in [-0.05, 0) is 24.3 Å². The molecule has 0 atom stereocenters. The molecule has 0 aliphatic rings. The lowest BCUT2D eigenvalue weighted by Crippen LogP contribution is -2.02. The highest BCUT2D eigenvalue weighted by atomic mass is 19.1. The number of carbonyl (C=O) groups excluding carboxylic acids is 1. The summed E-state index contributed by atoms with van der Waals surface area (Å²) >= 11 is 0. The number of halogens is 1. The molecule has 4 heteroatoms. The standard InChI is InChI=1S/C15H13FO3/c1-18-15(17)11-6-4-7-13(9-11)19-10-12-5-2-3-8-14(12)16/h2-9H,10H2,1H3. The zero-order chi connectivity index (χ0) is 13.7. The third-order valence-electron chi connectivity index (χ3n) is 2.61. The number of esters is 1. The molecule has 0 amide bonds. The van der Waals surface area contributed by atoms with Gasteiger partial charge in [-0.1, -0.05) is 24.3 Å². The number of hydrogen-bond acceptors (Lipinski definition) is 3. The van der Waals surface area contributed by atoms with Crippen molar-refractivity contribution in [3.63, 3.8) is 0 Å². The monoisotopic (exact) mass is 260 g/mol. The van der Waals surface area contributed by atoms with Crippen LogP contribution in [0.25, 0.3) is 0 Å². The Morgan fingerprint density at radius 2 is 1.95 bits per heavy atom. The van der Waals surface area contributed by atoms with Gasteiger partial charge in [-0.15, -0.1) is 0 Å². The highest BCUT2D eigenvalue weighted by Crippen LogP contribution is 2.16. The molecule has 0 unspecified atom stereocenters. The van der Waals surface area contributed by atoms with Crippen molar-refractivity contribution in [3.8, 4) is 5.75 Å². The Morgan fingerprint density at radius 3 is 2.68 bits per heavy atom. The molecule has 0 aliphatic heterocycles. The van der Waals surface area contributed by atoms with Crippen molar-refractivity contribution in [2.75, 3.05) is 7.11 Å². The summed E-state index contributed by atoms with van der Waals surface area (Å²) in [6, 6.07) is 13.0. The van der Waals surface area contributed by atoms with E-state index in [0.29, 0.717) is 16.9 Å². The number of benzene rings is 2. The van der Waals surface area contributed by atoms with Crippen molar-refractivity contribution in [1.82, 2.24) is 0 Å². The molecule has 2 aromatic rings. The molecule has 2 aromatic carbocycles. The summed E-state index contributed by atoms with van der Waals surface area (Å²) in [4.78, 5) is 11.4. The van der Waals surface area contributed by atoms with Gasteiger partial charge in [-0.2, -0.15) is 0 Å². The molecule has 0 heterocycles. The molecule has 0 N–H and O–H groups in total. The predicted octanol–water partition coefficient (Wildman–Crippen LogP) is 3.19. The summed E-state index contributed by atoms with van der Waals surface area (Å²) in [5.41, 5.74) is 0.861. The minimum absolute atomic E-state index is 0.108. The first-order valence-electron chi connectivity index (χ1n) is 5.75. The van der Waals surface area contributed by atoms with Gasteiger partial charge in [0.1, 0.15) is 18.2 Å². The maximum Gasteiger partial charge on any atom is 0.337 e. The van der Waals surface area contributed by atoms with Crippen molar-refractivity contribution in [1.29, 1.82) is 0 Å². The van der Waals surface area contributed by atoms with Crippen LogP contribution in [0.15, 0.2) is 48.5 Å². The summed E-state index contributed by atoms with van der Waals surface area (Å²) in [5.74, 6) is -0.255. The van der Waals surface area contributed by atoms with Crippen molar-refractivity contribution >= 4 is 5.97 Å². The highest BCUT2D eigenvalue weighted by molar-refractivity contribution is 5.89. The summed E-state index contributed by atoms with van der Waals surface area (Å²) in [6.07, 6.45) is 0. The lowest BCUT2D eigenvalue weighted by molar-refractivity contribution is 0.0600. The largest absolute Gasteiger partial charge is 0.489 e. The van der Waals surface area contributed by atoms with E-state index in [1.54, 1.807) is 42.5 Å². The van der Waals surface area contributed by atoms with Gasteiger partial charge in [0.25, 0.3) is 0 Å². The van der Waals surface area contributed by atoms with Gasteiger partial charge in [0.05, 0.1) is 12.7 Å². The quantitative estimate of drug-likeness (QED) is 0.792. The van der Waals surface area contributed by atoms with Gasteiger partial charge in [0.15, 0.2) is 0 Å². The summed E-state index contributed by atoms with van der Waals surface area (Å²) in [6.45, 7) is 0.108. The molecule has 0 bridgehead atoms. The van der Waals surface area contributed by atoms with E-state index < -0.39 is 5.97 Å². The first kappa shape index (κ1) is 13.1. The SMILES string of the molecule is COC(=O)c1cccc(OCc2ccccc2F)c1. The topological polar surface area (TPSA) is 35.5 Å². The molecule has 3 nitrogen and oxygen atoms in total. The summed E-state index contributed by atoms with van der Waals surface area (Å²) < 4.78 is 23.5. The molecule has 0 saturated heterocycles. The maximum absolute atomic E-state index is 13.4. The van der Waals surface area contributed by atoms with Crippen LogP contribution in [0.2, 0.25) is 0 Å². The Morgan fingerprint density at radius 1 is 1.16 bits per heavy atom. The van der Waals surface area contributed by atoms with Crippen LogP contribution in [0.1, 0.15) is 15.9 Å². The third-order valence-corrected chi connectivity index (χ3v) is 2.61. The molecule has 0 radical (unpaired) electrons. The van der Waals surface area contributed by atoms with Crippen molar-refractivity contribution < 1.29 is 18.7 Å².